The molecule has 0 bridgehead atoms. The van der Waals surface area contributed by atoms with Crippen molar-refractivity contribution in [1.29, 1.82) is 0 Å². The number of nitro groups is 1. The van der Waals surface area contributed by atoms with Crippen LogP contribution in [-0.2, 0) is 0 Å². The van der Waals surface area contributed by atoms with Crippen molar-refractivity contribution in [1.82, 2.24) is 15.1 Å². The Morgan fingerprint density at radius 1 is 1.48 bits per heavy atom. The van der Waals surface area contributed by atoms with Crippen LogP contribution in [0, 0.1) is 23.0 Å². The number of rotatable bonds is 4. The molecule has 2 rings (SSSR count). The number of nitrogens with one attached hydrogen (secondary N) is 1. The number of likely N-dealkylation sites (tertiary alicyclic amines) is 1. The molecule has 0 unspecified atom stereocenters. The first-order valence-electron chi connectivity index (χ1n) is 7.53. The molecule has 1 saturated heterocycles. The molecular weight excluding hydrogens is 272 g/mol. The summed E-state index contributed by atoms with van der Waals surface area (Å²) in [6.45, 7) is 5.04. The third kappa shape index (κ3) is 3.40. The minimum absolute atomic E-state index is 0.0635. The van der Waals surface area contributed by atoms with Crippen molar-refractivity contribution in [2.75, 3.05) is 13.1 Å². The number of aromatic amines is 1. The number of amides is 1. The monoisotopic (exact) mass is 294 g/mol. The van der Waals surface area contributed by atoms with Crippen molar-refractivity contribution in [3.05, 3.63) is 21.5 Å². The zero-order chi connectivity index (χ0) is 15.4. The second kappa shape index (κ2) is 6.69. The highest BCUT2D eigenvalue weighted by molar-refractivity contribution is 5.96. The molecule has 0 spiro atoms. The molecule has 0 aromatic carbocycles. The van der Waals surface area contributed by atoms with Gasteiger partial charge in [-0.2, -0.15) is 5.10 Å². The van der Waals surface area contributed by atoms with E-state index in [0.717, 1.165) is 25.7 Å². The van der Waals surface area contributed by atoms with Gasteiger partial charge in [-0.1, -0.05) is 19.8 Å². The zero-order valence-electron chi connectivity index (χ0n) is 12.6. The van der Waals surface area contributed by atoms with E-state index in [0.29, 0.717) is 24.7 Å². The summed E-state index contributed by atoms with van der Waals surface area (Å²) in [6, 6.07) is 0. The van der Waals surface area contributed by atoms with Gasteiger partial charge in [-0.3, -0.25) is 20.0 Å². The van der Waals surface area contributed by atoms with Crippen molar-refractivity contribution >= 4 is 11.6 Å². The predicted octanol–water partition coefficient (Wildman–Crippen LogP) is 2.67. The van der Waals surface area contributed by atoms with Crippen LogP contribution in [0.2, 0.25) is 0 Å². The van der Waals surface area contributed by atoms with Gasteiger partial charge in [0.2, 0.25) is 5.69 Å². The second-order valence-corrected chi connectivity index (χ2v) is 5.68. The number of nitrogens with zero attached hydrogens (tertiary/aromatic N) is 3. The molecule has 0 saturated carbocycles. The highest BCUT2D eigenvalue weighted by atomic mass is 16.6. The maximum absolute atomic E-state index is 12.5. The number of carbonyl (C=O) groups is 1. The van der Waals surface area contributed by atoms with Crippen LogP contribution < -0.4 is 0 Å². The fourth-order valence-corrected chi connectivity index (χ4v) is 3.01. The van der Waals surface area contributed by atoms with Crippen molar-refractivity contribution in [3.8, 4) is 0 Å². The lowest BCUT2D eigenvalue weighted by molar-refractivity contribution is -0.385. The number of H-pyrrole nitrogens is 1. The molecule has 1 aromatic rings. The highest BCUT2D eigenvalue weighted by Gasteiger charge is 2.31. The van der Waals surface area contributed by atoms with Gasteiger partial charge in [-0.05, 0) is 32.1 Å². The summed E-state index contributed by atoms with van der Waals surface area (Å²) >= 11 is 0. The Bertz CT molecular complexity index is 526. The van der Waals surface area contributed by atoms with Gasteiger partial charge in [-0.25, -0.2) is 0 Å². The van der Waals surface area contributed by atoms with Crippen LogP contribution in [0.1, 0.15) is 55.2 Å². The van der Waals surface area contributed by atoms with E-state index in [4.69, 9.17) is 0 Å². The topological polar surface area (TPSA) is 92.1 Å². The Morgan fingerprint density at radius 2 is 2.24 bits per heavy atom. The van der Waals surface area contributed by atoms with E-state index in [-0.39, 0.29) is 17.3 Å². The average Bonchev–Trinajstić information content (AvgIpc) is 2.68. The molecule has 2 heterocycles. The molecule has 1 aromatic heterocycles. The number of hydrogen-bond acceptors (Lipinski definition) is 4. The number of hydrogen-bond donors (Lipinski definition) is 1. The standard InChI is InChI=1S/C14H22N4O3/c1-3-5-11-6-4-8-17(9-7-11)14(19)12-13(18(20)21)10(2)15-16-12/h11H,3-9H2,1-2H3,(H,15,16)/t11-/m1/s1. The maximum Gasteiger partial charge on any atom is 0.322 e. The van der Waals surface area contributed by atoms with Crippen LogP contribution in [0.3, 0.4) is 0 Å². The lowest BCUT2D eigenvalue weighted by Crippen LogP contribution is -2.32. The van der Waals surface area contributed by atoms with Crippen molar-refractivity contribution in [2.24, 2.45) is 5.92 Å². The summed E-state index contributed by atoms with van der Waals surface area (Å²) in [5.74, 6) is 0.326. The van der Waals surface area contributed by atoms with Gasteiger partial charge in [0.05, 0.1) is 4.92 Å². The molecule has 1 N–H and O–H groups in total. The zero-order valence-corrected chi connectivity index (χ0v) is 12.6. The summed E-state index contributed by atoms with van der Waals surface area (Å²) in [4.78, 5) is 24.7. The first-order chi connectivity index (χ1) is 10.0. The molecule has 7 nitrogen and oxygen atoms in total. The van der Waals surface area contributed by atoms with Crippen molar-refractivity contribution in [2.45, 2.75) is 46.0 Å². The fraction of sp³-hybridized carbons (Fsp3) is 0.714. The summed E-state index contributed by atoms with van der Waals surface area (Å²) in [5, 5.41) is 17.5. The molecule has 7 heteroatoms. The molecule has 1 atom stereocenters. The quantitative estimate of drug-likeness (QED) is 0.682. The number of aryl methyl sites for hydroxylation is 1. The SMILES string of the molecule is CCC[C@@H]1CCCN(C(=O)c2n[nH]c(C)c2[N+](=O)[O-])CC1. The second-order valence-electron chi connectivity index (χ2n) is 5.68. The van der Waals surface area contributed by atoms with E-state index in [2.05, 4.69) is 17.1 Å². The number of carbonyl (C=O) groups excluding carboxylic acids is 1. The van der Waals surface area contributed by atoms with Crippen LogP contribution in [0.5, 0.6) is 0 Å². The molecule has 0 aliphatic carbocycles. The molecule has 116 valence electrons. The fourth-order valence-electron chi connectivity index (χ4n) is 3.01. The maximum atomic E-state index is 12.5. The van der Waals surface area contributed by atoms with E-state index in [9.17, 15) is 14.9 Å². The van der Waals surface area contributed by atoms with Gasteiger partial charge in [0, 0.05) is 13.1 Å². The van der Waals surface area contributed by atoms with Crippen molar-refractivity contribution < 1.29 is 9.72 Å². The minimum atomic E-state index is -0.538. The molecular formula is C14H22N4O3. The molecule has 1 aliphatic heterocycles. The molecule has 21 heavy (non-hydrogen) atoms. The van der Waals surface area contributed by atoms with Crippen LogP contribution in [-0.4, -0.2) is 39.0 Å². The Morgan fingerprint density at radius 3 is 2.90 bits per heavy atom. The van der Waals surface area contributed by atoms with Gasteiger partial charge >= 0.3 is 5.69 Å². The Balaban J connectivity index is 2.12. The molecule has 1 fully saturated rings. The lowest BCUT2D eigenvalue weighted by Gasteiger charge is -2.19. The van der Waals surface area contributed by atoms with Crippen LogP contribution in [0.15, 0.2) is 0 Å². The Hall–Kier alpha value is -1.92. The van der Waals surface area contributed by atoms with E-state index in [1.54, 1.807) is 11.8 Å². The lowest BCUT2D eigenvalue weighted by atomic mass is 9.96. The van der Waals surface area contributed by atoms with E-state index >= 15 is 0 Å². The first kappa shape index (κ1) is 15.5. The van der Waals surface area contributed by atoms with Crippen LogP contribution >= 0.6 is 0 Å². The highest BCUT2D eigenvalue weighted by Crippen LogP contribution is 2.25. The van der Waals surface area contributed by atoms with Gasteiger partial charge in [-0.15, -0.1) is 0 Å². The van der Waals surface area contributed by atoms with E-state index in [1.165, 1.54) is 6.42 Å². The van der Waals surface area contributed by atoms with Crippen LogP contribution in [0.25, 0.3) is 0 Å². The third-order valence-electron chi connectivity index (χ3n) is 4.13. The van der Waals surface area contributed by atoms with Crippen molar-refractivity contribution in [3.63, 3.8) is 0 Å². The Labute approximate surface area is 123 Å². The molecule has 1 amide bonds. The summed E-state index contributed by atoms with van der Waals surface area (Å²) in [5.41, 5.74) is 0.0582. The molecule has 1 aliphatic rings. The van der Waals surface area contributed by atoms with E-state index < -0.39 is 4.92 Å². The number of aromatic nitrogens is 2. The van der Waals surface area contributed by atoms with E-state index in [1.807, 2.05) is 0 Å². The van der Waals surface area contributed by atoms with Gasteiger partial charge < -0.3 is 4.90 Å². The van der Waals surface area contributed by atoms with Crippen LogP contribution in [0.4, 0.5) is 5.69 Å². The summed E-state index contributed by atoms with van der Waals surface area (Å²) < 4.78 is 0. The average molecular weight is 294 g/mol. The predicted molar refractivity (Wildman–Crippen MR) is 78.1 cm³/mol. The van der Waals surface area contributed by atoms with Gasteiger partial charge in [0.25, 0.3) is 5.91 Å². The first-order valence-corrected chi connectivity index (χ1v) is 7.53. The normalized spacial score (nSPS) is 19.3. The van der Waals surface area contributed by atoms with Gasteiger partial charge in [0.15, 0.2) is 0 Å². The largest absolute Gasteiger partial charge is 0.337 e. The smallest absolute Gasteiger partial charge is 0.322 e. The molecule has 0 radical (unpaired) electrons. The van der Waals surface area contributed by atoms with Gasteiger partial charge in [0.1, 0.15) is 5.69 Å². The Kier molecular flexibility index (Phi) is 4.93. The third-order valence-corrected chi connectivity index (χ3v) is 4.13. The summed E-state index contributed by atoms with van der Waals surface area (Å²) in [7, 11) is 0. The minimum Gasteiger partial charge on any atom is -0.337 e. The summed E-state index contributed by atoms with van der Waals surface area (Å²) in [6.07, 6.45) is 5.38.